The molecule has 3 heterocycles. The van der Waals surface area contributed by atoms with Crippen molar-refractivity contribution in [2.45, 2.75) is 50.7 Å². The molecule has 0 spiro atoms. The van der Waals surface area contributed by atoms with Crippen molar-refractivity contribution >= 4 is 22.8 Å². The van der Waals surface area contributed by atoms with E-state index in [1.54, 1.807) is 30.3 Å². The summed E-state index contributed by atoms with van der Waals surface area (Å²) in [5, 5.41) is 13.7. The Balaban J connectivity index is 1.56. The number of nitrogens with one attached hydrogen (secondary N) is 1. The Bertz CT molecular complexity index is 1120. The molecule has 2 aromatic heterocycles. The van der Waals surface area contributed by atoms with Crippen molar-refractivity contribution in [1.82, 2.24) is 19.5 Å². The molecule has 10 heteroatoms. The number of aromatic nitrogens is 4. The molecule has 0 unspecified atom stereocenters. The van der Waals surface area contributed by atoms with Crippen LogP contribution >= 0.6 is 0 Å². The Morgan fingerprint density at radius 2 is 1.79 bits per heavy atom. The third kappa shape index (κ3) is 4.63. The molecule has 176 valence electrons. The maximum absolute atomic E-state index is 14.0. The number of halogens is 2. The Hall–Kier alpha value is -2.85. The van der Waals surface area contributed by atoms with E-state index in [4.69, 9.17) is 9.72 Å². The lowest BCUT2D eigenvalue weighted by Crippen LogP contribution is -2.38. The first kappa shape index (κ1) is 22.0. The first-order valence-electron chi connectivity index (χ1n) is 11.4. The van der Waals surface area contributed by atoms with Gasteiger partial charge in [-0.15, -0.1) is 0 Å². The molecular formula is C23H28F2N6O2. The highest BCUT2D eigenvalue weighted by Crippen LogP contribution is 2.31. The van der Waals surface area contributed by atoms with Crippen LogP contribution in [0.4, 0.5) is 20.5 Å². The van der Waals surface area contributed by atoms with Gasteiger partial charge in [-0.3, -0.25) is 4.57 Å². The van der Waals surface area contributed by atoms with Crippen molar-refractivity contribution in [2.75, 3.05) is 36.5 Å². The van der Waals surface area contributed by atoms with Gasteiger partial charge in [-0.2, -0.15) is 9.97 Å². The first-order valence-corrected chi connectivity index (χ1v) is 11.4. The predicted molar refractivity (Wildman–Crippen MR) is 121 cm³/mol. The largest absolute Gasteiger partial charge is 0.390 e. The maximum atomic E-state index is 14.0. The van der Waals surface area contributed by atoms with E-state index < -0.39 is 12.0 Å². The van der Waals surface area contributed by atoms with Gasteiger partial charge in [0.1, 0.15) is 11.6 Å². The zero-order chi connectivity index (χ0) is 23.0. The number of morpholine rings is 1. The van der Waals surface area contributed by atoms with Crippen LogP contribution in [0.3, 0.4) is 0 Å². The highest BCUT2D eigenvalue weighted by Gasteiger charge is 2.29. The second-order valence-corrected chi connectivity index (χ2v) is 9.02. The fourth-order valence-electron chi connectivity index (χ4n) is 4.55. The Morgan fingerprint density at radius 3 is 2.52 bits per heavy atom. The van der Waals surface area contributed by atoms with Crippen molar-refractivity contribution in [3.8, 4) is 5.82 Å². The van der Waals surface area contributed by atoms with Crippen LogP contribution in [0.1, 0.15) is 44.9 Å². The minimum absolute atomic E-state index is 0.104. The third-order valence-electron chi connectivity index (χ3n) is 6.44. The number of aliphatic hydroxyl groups is 1. The van der Waals surface area contributed by atoms with Crippen molar-refractivity contribution in [1.29, 1.82) is 0 Å². The number of nitrogens with zero attached hydrogens (tertiary/aromatic N) is 5. The van der Waals surface area contributed by atoms with Gasteiger partial charge in [0.15, 0.2) is 5.82 Å². The molecule has 3 aromatic rings. The van der Waals surface area contributed by atoms with Crippen molar-refractivity contribution in [3.63, 3.8) is 0 Å². The van der Waals surface area contributed by atoms with E-state index in [9.17, 15) is 13.9 Å². The predicted octanol–water partition coefficient (Wildman–Crippen LogP) is 3.70. The van der Waals surface area contributed by atoms with Gasteiger partial charge in [-0.25, -0.2) is 13.8 Å². The van der Waals surface area contributed by atoms with Gasteiger partial charge in [-0.05, 0) is 44.7 Å². The van der Waals surface area contributed by atoms with Crippen LogP contribution in [0.25, 0.3) is 16.9 Å². The summed E-state index contributed by atoms with van der Waals surface area (Å²) in [6.45, 7) is 4.34. The Morgan fingerprint density at radius 1 is 1.09 bits per heavy atom. The van der Waals surface area contributed by atoms with Crippen LogP contribution in [-0.4, -0.2) is 62.6 Å². The molecule has 0 amide bonds. The van der Waals surface area contributed by atoms with Crippen LogP contribution in [0.15, 0.2) is 30.3 Å². The topological polar surface area (TPSA) is 88.3 Å². The van der Waals surface area contributed by atoms with E-state index in [1.807, 2.05) is 6.92 Å². The zero-order valence-corrected chi connectivity index (χ0v) is 18.5. The molecule has 0 atom stereocenters. The summed E-state index contributed by atoms with van der Waals surface area (Å²) < 4.78 is 34.8. The van der Waals surface area contributed by atoms with Gasteiger partial charge >= 0.3 is 0 Å². The molecule has 1 saturated carbocycles. The lowest BCUT2D eigenvalue weighted by Gasteiger charge is -2.33. The molecule has 33 heavy (non-hydrogen) atoms. The Labute approximate surface area is 190 Å². The van der Waals surface area contributed by atoms with Crippen LogP contribution in [-0.2, 0) is 4.74 Å². The van der Waals surface area contributed by atoms with Crippen molar-refractivity contribution < 1.29 is 18.6 Å². The number of rotatable bonds is 5. The smallest absolute Gasteiger partial charge is 0.296 e. The van der Waals surface area contributed by atoms with E-state index in [0.717, 1.165) is 12.8 Å². The molecule has 0 bridgehead atoms. The summed E-state index contributed by atoms with van der Waals surface area (Å²) in [6, 6.07) is 8.90. The quantitative estimate of drug-likeness (QED) is 0.603. The van der Waals surface area contributed by atoms with E-state index in [2.05, 4.69) is 20.2 Å². The minimum Gasteiger partial charge on any atom is -0.390 e. The average molecular weight is 459 g/mol. The molecule has 0 radical (unpaired) electrons. The van der Waals surface area contributed by atoms with E-state index in [-0.39, 0.29) is 11.9 Å². The van der Waals surface area contributed by atoms with Crippen LogP contribution < -0.4 is 10.2 Å². The first-order chi connectivity index (χ1) is 15.9. The molecule has 1 aliphatic heterocycles. The monoisotopic (exact) mass is 458 g/mol. The second kappa shape index (κ2) is 8.83. The summed E-state index contributed by atoms with van der Waals surface area (Å²) in [6.07, 6.45) is 0.175. The van der Waals surface area contributed by atoms with Gasteiger partial charge in [-0.1, -0.05) is 12.1 Å². The van der Waals surface area contributed by atoms with E-state index in [0.29, 0.717) is 67.8 Å². The number of para-hydroxylation sites is 2. The lowest BCUT2D eigenvalue weighted by molar-refractivity contribution is 0.0195. The highest BCUT2D eigenvalue weighted by atomic mass is 19.3. The number of hydrogen-bond donors (Lipinski definition) is 2. The van der Waals surface area contributed by atoms with Gasteiger partial charge < -0.3 is 20.1 Å². The number of hydrogen-bond acceptors (Lipinski definition) is 7. The summed E-state index contributed by atoms with van der Waals surface area (Å²) in [4.78, 5) is 15.6. The average Bonchev–Trinajstić information content (AvgIpc) is 3.21. The van der Waals surface area contributed by atoms with E-state index in [1.165, 1.54) is 4.57 Å². The molecule has 1 aromatic carbocycles. The fraction of sp³-hybridized carbons (Fsp3) is 0.522. The molecule has 1 aliphatic carbocycles. The van der Waals surface area contributed by atoms with Crippen molar-refractivity contribution in [2.24, 2.45) is 0 Å². The van der Waals surface area contributed by atoms with Gasteiger partial charge in [0, 0.05) is 25.2 Å². The number of imidazole rings is 1. The van der Waals surface area contributed by atoms with Crippen LogP contribution in [0.2, 0.25) is 0 Å². The highest BCUT2D eigenvalue weighted by molar-refractivity contribution is 5.78. The Kier molecular flexibility index (Phi) is 5.88. The molecule has 1 saturated heterocycles. The number of benzene rings is 1. The van der Waals surface area contributed by atoms with Crippen LogP contribution in [0.5, 0.6) is 0 Å². The fourth-order valence-corrected chi connectivity index (χ4v) is 4.55. The SMILES string of the molecule is C[C@]1(O)CC[C@H](Nc2nc(N3CCOCC3)cc(-n3c(C(F)F)nc4ccccc43)n2)CC1. The standard InChI is InChI=1S/C23H28F2N6O2/c1-23(32)8-6-15(7-9-23)26-22-28-18(30-10-12-33-13-11-30)14-19(29-22)31-17-5-3-2-4-16(17)27-21(31)20(24)25/h2-5,14-15,20,32H,6-13H2,1H3,(H,26,28,29)/t15-,23-. The molecule has 2 aliphatic rings. The maximum Gasteiger partial charge on any atom is 0.296 e. The van der Waals surface area contributed by atoms with Gasteiger partial charge in [0.2, 0.25) is 5.95 Å². The summed E-state index contributed by atoms with van der Waals surface area (Å²) in [5.74, 6) is 1.05. The minimum atomic E-state index is -2.75. The van der Waals surface area contributed by atoms with E-state index >= 15 is 0 Å². The number of ether oxygens (including phenoxy) is 1. The molecule has 8 nitrogen and oxygen atoms in total. The zero-order valence-electron chi connectivity index (χ0n) is 18.5. The number of anilines is 2. The van der Waals surface area contributed by atoms with Crippen molar-refractivity contribution in [3.05, 3.63) is 36.2 Å². The summed E-state index contributed by atoms with van der Waals surface area (Å²) in [7, 11) is 0. The van der Waals surface area contributed by atoms with Crippen LogP contribution in [0, 0.1) is 0 Å². The normalized spacial score (nSPS) is 23.9. The third-order valence-corrected chi connectivity index (χ3v) is 6.44. The molecular weight excluding hydrogens is 430 g/mol. The molecule has 2 N–H and O–H groups in total. The second-order valence-electron chi connectivity index (χ2n) is 9.02. The van der Waals surface area contributed by atoms with Gasteiger partial charge in [0.25, 0.3) is 6.43 Å². The van der Waals surface area contributed by atoms with Gasteiger partial charge in [0.05, 0.1) is 29.8 Å². The summed E-state index contributed by atoms with van der Waals surface area (Å²) in [5.41, 5.74) is 0.407. The molecule has 5 rings (SSSR count). The number of fused-ring (bicyclic) bond motifs is 1. The number of alkyl halides is 2. The summed E-state index contributed by atoms with van der Waals surface area (Å²) >= 11 is 0. The lowest BCUT2D eigenvalue weighted by atomic mass is 9.84. The molecule has 2 fully saturated rings.